The van der Waals surface area contributed by atoms with Gasteiger partial charge in [-0.3, -0.25) is 14.6 Å². The Hall–Kier alpha value is -2.11. The summed E-state index contributed by atoms with van der Waals surface area (Å²) in [5.41, 5.74) is 5.94. The molecule has 0 aliphatic heterocycles. The highest BCUT2D eigenvalue weighted by Crippen LogP contribution is 2.09. The summed E-state index contributed by atoms with van der Waals surface area (Å²) < 4.78 is 0. The number of nitrogens with zero attached hydrogens (tertiary/aromatic N) is 1. The molecule has 1 heterocycles. The van der Waals surface area contributed by atoms with Crippen LogP contribution in [-0.2, 0) is 4.79 Å². The van der Waals surface area contributed by atoms with Crippen LogP contribution in [0.15, 0.2) is 18.3 Å². The van der Waals surface area contributed by atoms with Crippen molar-refractivity contribution >= 4 is 17.5 Å². The van der Waals surface area contributed by atoms with Crippen LogP contribution in [-0.4, -0.2) is 29.4 Å². The monoisotopic (exact) mass is 250 g/mol. The lowest BCUT2D eigenvalue weighted by molar-refractivity contribution is -0.121. The van der Waals surface area contributed by atoms with Gasteiger partial charge in [0, 0.05) is 18.4 Å². The SMILES string of the molecule is CCCNC(=O)C(C)Nc1ccnc(C(N)=O)c1. The lowest BCUT2D eigenvalue weighted by atomic mass is 10.2. The molecule has 1 atom stereocenters. The Morgan fingerprint density at radius 3 is 2.83 bits per heavy atom. The molecule has 6 nitrogen and oxygen atoms in total. The maximum Gasteiger partial charge on any atom is 0.267 e. The molecule has 1 rings (SSSR count). The van der Waals surface area contributed by atoms with Gasteiger partial charge < -0.3 is 16.4 Å². The van der Waals surface area contributed by atoms with Crippen molar-refractivity contribution < 1.29 is 9.59 Å². The number of amides is 2. The third-order valence-electron chi connectivity index (χ3n) is 2.34. The summed E-state index contributed by atoms with van der Waals surface area (Å²) in [6.45, 7) is 4.38. The van der Waals surface area contributed by atoms with E-state index in [1.54, 1.807) is 13.0 Å². The van der Waals surface area contributed by atoms with Gasteiger partial charge in [0.25, 0.3) is 5.91 Å². The van der Waals surface area contributed by atoms with E-state index in [2.05, 4.69) is 15.6 Å². The van der Waals surface area contributed by atoms with Crippen molar-refractivity contribution in [3.8, 4) is 0 Å². The molecular formula is C12H18N4O2. The first kappa shape index (κ1) is 14.0. The fourth-order valence-corrected chi connectivity index (χ4v) is 1.37. The second-order valence-electron chi connectivity index (χ2n) is 3.95. The largest absolute Gasteiger partial charge is 0.374 e. The van der Waals surface area contributed by atoms with Gasteiger partial charge in [-0.15, -0.1) is 0 Å². The molecule has 0 aromatic carbocycles. The number of anilines is 1. The van der Waals surface area contributed by atoms with Crippen LogP contribution in [0.1, 0.15) is 30.8 Å². The van der Waals surface area contributed by atoms with Crippen LogP contribution < -0.4 is 16.4 Å². The molecule has 0 aliphatic rings. The van der Waals surface area contributed by atoms with Gasteiger partial charge in [-0.05, 0) is 25.5 Å². The highest BCUT2D eigenvalue weighted by Gasteiger charge is 2.12. The van der Waals surface area contributed by atoms with E-state index < -0.39 is 5.91 Å². The van der Waals surface area contributed by atoms with E-state index in [-0.39, 0.29) is 17.6 Å². The molecule has 0 radical (unpaired) electrons. The summed E-state index contributed by atoms with van der Waals surface area (Å²) in [6, 6.07) is 2.81. The van der Waals surface area contributed by atoms with E-state index >= 15 is 0 Å². The van der Waals surface area contributed by atoms with Gasteiger partial charge in [-0.1, -0.05) is 6.92 Å². The maximum atomic E-state index is 11.6. The zero-order chi connectivity index (χ0) is 13.5. The molecule has 98 valence electrons. The standard InChI is InChI=1S/C12H18N4O2/c1-3-5-15-12(18)8(2)16-9-4-6-14-10(7-9)11(13)17/h4,6-8H,3,5H2,1-2H3,(H2,13,17)(H,14,16)(H,15,18). The fourth-order valence-electron chi connectivity index (χ4n) is 1.37. The fraction of sp³-hybridized carbons (Fsp3) is 0.417. The first-order chi connectivity index (χ1) is 8.54. The lowest BCUT2D eigenvalue weighted by Crippen LogP contribution is -2.37. The predicted molar refractivity (Wildman–Crippen MR) is 69.1 cm³/mol. The van der Waals surface area contributed by atoms with Crippen molar-refractivity contribution in [3.63, 3.8) is 0 Å². The number of nitrogens with one attached hydrogen (secondary N) is 2. The molecule has 18 heavy (non-hydrogen) atoms. The van der Waals surface area contributed by atoms with E-state index in [0.717, 1.165) is 6.42 Å². The zero-order valence-corrected chi connectivity index (χ0v) is 10.6. The summed E-state index contributed by atoms with van der Waals surface area (Å²) in [5, 5.41) is 5.77. The van der Waals surface area contributed by atoms with E-state index in [9.17, 15) is 9.59 Å². The highest BCUT2D eigenvalue weighted by atomic mass is 16.2. The van der Waals surface area contributed by atoms with Crippen LogP contribution in [0, 0.1) is 0 Å². The van der Waals surface area contributed by atoms with Crippen molar-refractivity contribution in [2.75, 3.05) is 11.9 Å². The molecule has 4 N–H and O–H groups in total. The first-order valence-electron chi connectivity index (χ1n) is 5.84. The normalized spacial score (nSPS) is 11.7. The molecule has 6 heteroatoms. The van der Waals surface area contributed by atoms with Crippen LogP contribution >= 0.6 is 0 Å². The van der Waals surface area contributed by atoms with Crippen LogP contribution in [0.2, 0.25) is 0 Å². The van der Waals surface area contributed by atoms with Gasteiger partial charge >= 0.3 is 0 Å². The third kappa shape index (κ3) is 4.04. The Morgan fingerprint density at radius 2 is 2.22 bits per heavy atom. The topological polar surface area (TPSA) is 97.1 Å². The minimum atomic E-state index is -0.596. The van der Waals surface area contributed by atoms with Crippen molar-refractivity contribution in [1.82, 2.24) is 10.3 Å². The smallest absolute Gasteiger partial charge is 0.267 e. The van der Waals surface area contributed by atoms with Crippen LogP contribution in [0.3, 0.4) is 0 Å². The van der Waals surface area contributed by atoms with Crippen LogP contribution in [0.25, 0.3) is 0 Å². The minimum Gasteiger partial charge on any atom is -0.374 e. The first-order valence-corrected chi connectivity index (χ1v) is 5.84. The number of pyridine rings is 1. The average molecular weight is 250 g/mol. The molecule has 0 bridgehead atoms. The summed E-state index contributed by atoms with van der Waals surface area (Å²) in [6.07, 6.45) is 2.36. The van der Waals surface area contributed by atoms with E-state index in [4.69, 9.17) is 5.73 Å². The van der Waals surface area contributed by atoms with E-state index in [1.165, 1.54) is 12.3 Å². The number of aromatic nitrogens is 1. The van der Waals surface area contributed by atoms with Crippen molar-refractivity contribution in [2.45, 2.75) is 26.3 Å². The second kappa shape index (κ2) is 6.58. The molecule has 0 fully saturated rings. The molecule has 0 spiro atoms. The molecule has 2 amide bonds. The van der Waals surface area contributed by atoms with Crippen molar-refractivity contribution in [3.05, 3.63) is 24.0 Å². The zero-order valence-electron chi connectivity index (χ0n) is 10.6. The van der Waals surface area contributed by atoms with Gasteiger partial charge in [0.15, 0.2) is 0 Å². The number of carbonyl (C=O) groups is 2. The Bertz CT molecular complexity index is 434. The van der Waals surface area contributed by atoms with Gasteiger partial charge in [0.2, 0.25) is 5.91 Å². The van der Waals surface area contributed by atoms with Crippen molar-refractivity contribution in [2.24, 2.45) is 5.73 Å². The Labute approximate surface area is 106 Å². The molecule has 0 saturated carbocycles. The third-order valence-corrected chi connectivity index (χ3v) is 2.34. The quantitative estimate of drug-likeness (QED) is 0.685. The molecular weight excluding hydrogens is 232 g/mol. The summed E-state index contributed by atoms with van der Waals surface area (Å²) in [4.78, 5) is 26.4. The molecule has 1 unspecified atom stereocenters. The summed E-state index contributed by atoms with van der Waals surface area (Å²) in [5.74, 6) is -0.684. The highest BCUT2D eigenvalue weighted by molar-refractivity contribution is 5.92. The number of rotatable bonds is 6. The van der Waals surface area contributed by atoms with Gasteiger partial charge in [-0.2, -0.15) is 0 Å². The Morgan fingerprint density at radius 1 is 1.50 bits per heavy atom. The van der Waals surface area contributed by atoms with Gasteiger partial charge in [0.1, 0.15) is 11.7 Å². The van der Waals surface area contributed by atoms with E-state index in [1.807, 2.05) is 6.92 Å². The van der Waals surface area contributed by atoms with Crippen LogP contribution in [0.4, 0.5) is 5.69 Å². The van der Waals surface area contributed by atoms with Crippen molar-refractivity contribution in [1.29, 1.82) is 0 Å². The average Bonchev–Trinajstić information content (AvgIpc) is 2.36. The minimum absolute atomic E-state index is 0.0886. The maximum absolute atomic E-state index is 11.6. The van der Waals surface area contributed by atoms with Gasteiger partial charge in [-0.25, -0.2) is 0 Å². The number of hydrogen-bond acceptors (Lipinski definition) is 4. The molecule has 1 aromatic heterocycles. The predicted octanol–water partition coefficient (Wildman–Crippen LogP) is 0.507. The lowest BCUT2D eigenvalue weighted by Gasteiger charge is -2.15. The number of primary amides is 1. The number of nitrogens with two attached hydrogens (primary N) is 1. The van der Waals surface area contributed by atoms with E-state index in [0.29, 0.717) is 12.2 Å². The summed E-state index contributed by atoms with van der Waals surface area (Å²) in [7, 11) is 0. The van der Waals surface area contributed by atoms with Gasteiger partial charge in [0.05, 0.1) is 0 Å². The second-order valence-corrected chi connectivity index (χ2v) is 3.95. The molecule has 0 aliphatic carbocycles. The molecule has 1 aromatic rings. The Balaban J connectivity index is 2.63. The number of hydrogen-bond donors (Lipinski definition) is 3. The summed E-state index contributed by atoms with van der Waals surface area (Å²) >= 11 is 0. The molecule has 0 saturated heterocycles. The number of carbonyl (C=O) groups excluding carboxylic acids is 2. The van der Waals surface area contributed by atoms with Crippen LogP contribution in [0.5, 0.6) is 0 Å². The Kier molecular flexibility index (Phi) is 5.10.